The van der Waals surface area contributed by atoms with Gasteiger partial charge in [-0.05, 0) is 31.0 Å². The van der Waals surface area contributed by atoms with Gasteiger partial charge in [0.05, 0.1) is 36.4 Å². The number of thioether (sulfide) groups is 1. The van der Waals surface area contributed by atoms with E-state index >= 15 is 0 Å². The predicted octanol–water partition coefficient (Wildman–Crippen LogP) is 3.24. The molecule has 0 unspecified atom stereocenters. The van der Waals surface area contributed by atoms with E-state index in [2.05, 4.69) is 24.9 Å². The average molecular weight is 367 g/mol. The van der Waals surface area contributed by atoms with Gasteiger partial charge in [-0.25, -0.2) is 4.98 Å². The first-order chi connectivity index (χ1) is 12.6. The van der Waals surface area contributed by atoms with Crippen LogP contribution in [0.4, 0.5) is 0 Å². The Morgan fingerprint density at radius 2 is 1.92 bits per heavy atom. The molecule has 2 aromatic rings. The second-order valence-corrected chi connectivity index (χ2v) is 6.73. The molecule has 0 aliphatic rings. The van der Waals surface area contributed by atoms with Crippen molar-refractivity contribution in [3.63, 3.8) is 0 Å². The summed E-state index contributed by atoms with van der Waals surface area (Å²) < 4.78 is 1.98. The fraction of sp³-hybridized carbons (Fsp3) is 0.368. The van der Waals surface area contributed by atoms with E-state index in [-0.39, 0.29) is 24.5 Å². The van der Waals surface area contributed by atoms with E-state index < -0.39 is 0 Å². The van der Waals surface area contributed by atoms with Gasteiger partial charge in [-0.2, -0.15) is 10.5 Å². The molecule has 134 valence electrons. The van der Waals surface area contributed by atoms with Crippen LogP contribution >= 0.6 is 11.8 Å². The summed E-state index contributed by atoms with van der Waals surface area (Å²) in [7, 11) is 0. The van der Waals surface area contributed by atoms with Crippen LogP contribution in [0.15, 0.2) is 35.7 Å². The number of amides is 1. The van der Waals surface area contributed by atoms with Crippen LogP contribution in [-0.2, 0) is 4.79 Å². The monoisotopic (exact) mass is 367 g/mol. The van der Waals surface area contributed by atoms with Crippen molar-refractivity contribution in [2.24, 2.45) is 0 Å². The third-order valence-electron chi connectivity index (χ3n) is 4.11. The van der Waals surface area contributed by atoms with Crippen molar-refractivity contribution < 1.29 is 4.79 Å². The highest BCUT2D eigenvalue weighted by atomic mass is 32.2. The molecule has 1 aromatic carbocycles. The summed E-state index contributed by atoms with van der Waals surface area (Å²) in [6.45, 7) is 4.83. The zero-order valence-electron chi connectivity index (χ0n) is 15.0. The molecule has 26 heavy (non-hydrogen) atoms. The van der Waals surface area contributed by atoms with E-state index in [9.17, 15) is 4.79 Å². The molecule has 2 rings (SSSR count). The summed E-state index contributed by atoms with van der Waals surface area (Å²) in [6, 6.07) is 10.2. The van der Waals surface area contributed by atoms with E-state index in [0.717, 1.165) is 10.8 Å². The Hall–Kier alpha value is -2.77. The average Bonchev–Trinajstić information content (AvgIpc) is 3.10. The molecule has 0 aliphatic carbocycles. The highest BCUT2D eigenvalue weighted by molar-refractivity contribution is 7.99. The van der Waals surface area contributed by atoms with Crippen LogP contribution in [0.25, 0.3) is 5.69 Å². The Bertz CT molecular complexity index is 828. The van der Waals surface area contributed by atoms with E-state index in [1.54, 1.807) is 11.1 Å². The lowest BCUT2D eigenvalue weighted by molar-refractivity contribution is -0.128. The van der Waals surface area contributed by atoms with E-state index in [1.165, 1.54) is 22.9 Å². The summed E-state index contributed by atoms with van der Waals surface area (Å²) in [5, 5.41) is 18.2. The Morgan fingerprint density at radius 1 is 1.23 bits per heavy atom. The first-order valence-corrected chi connectivity index (χ1v) is 9.31. The van der Waals surface area contributed by atoms with Gasteiger partial charge in [-0.3, -0.25) is 9.36 Å². The number of rotatable bonds is 8. The summed E-state index contributed by atoms with van der Waals surface area (Å²) in [4.78, 5) is 18.4. The number of benzene rings is 1. The quantitative estimate of drug-likeness (QED) is 0.669. The fourth-order valence-corrected chi connectivity index (χ4v) is 3.39. The molecule has 0 fully saturated rings. The lowest BCUT2D eigenvalue weighted by atomic mass is 10.1. The predicted molar refractivity (Wildman–Crippen MR) is 101 cm³/mol. The van der Waals surface area contributed by atoms with Crippen LogP contribution in [0.2, 0.25) is 0 Å². The minimum atomic E-state index is -0.0870. The van der Waals surface area contributed by atoms with Crippen molar-refractivity contribution in [1.29, 1.82) is 10.5 Å². The lowest BCUT2D eigenvalue weighted by Gasteiger charge is -2.20. The Balaban J connectivity index is 2.09. The third-order valence-corrected chi connectivity index (χ3v) is 5.06. The third kappa shape index (κ3) is 4.87. The van der Waals surface area contributed by atoms with Crippen LogP contribution in [0, 0.1) is 36.5 Å². The molecule has 0 N–H and O–H groups in total. The first kappa shape index (κ1) is 19.6. The molecular weight excluding hydrogens is 346 g/mol. The van der Waals surface area contributed by atoms with Crippen molar-refractivity contribution in [3.8, 4) is 17.8 Å². The molecule has 1 heterocycles. The van der Waals surface area contributed by atoms with Gasteiger partial charge in [-0.1, -0.05) is 23.9 Å². The maximum atomic E-state index is 12.5. The molecule has 0 atom stereocenters. The molecule has 6 nitrogen and oxygen atoms in total. The second-order valence-electron chi connectivity index (χ2n) is 5.78. The molecule has 0 radical (unpaired) electrons. The molecule has 7 heteroatoms. The standard InChI is InChI=1S/C19H21N5OS/c1-15-6-3-7-17(16(15)2)24-13-10-22-19(24)26-14-18(25)23(11-4-8-20)12-5-9-21/h3,6-7,10,13H,4-5,11-12,14H2,1-2H3. The number of carbonyl (C=O) groups excluding carboxylic acids is 1. The molecule has 0 saturated heterocycles. The van der Waals surface area contributed by atoms with Crippen LogP contribution < -0.4 is 0 Å². The zero-order chi connectivity index (χ0) is 18.9. The van der Waals surface area contributed by atoms with Gasteiger partial charge in [-0.15, -0.1) is 0 Å². The highest BCUT2D eigenvalue weighted by Crippen LogP contribution is 2.24. The van der Waals surface area contributed by atoms with Crippen LogP contribution in [0.5, 0.6) is 0 Å². The summed E-state index contributed by atoms with van der Waals surface area (Å²) in [5.41, 5.74) is 3.41. The van der Waals surface area contributed by atoms with E-state index in [0.29, 0.717) is 13.1 Å². The topological polar surface area (TPSA) is 85.7 Å². The summed E-state index contributed by atoms with van der Waals surface area (Å²) in [6.07, 6.45) is 4.13. The number of nitrogens with zero attached hydrogens (tertiary/aromatic N) is 5. The maximum Gasteiger partial charge on any atom is 0.233 e. The van der Waals surface area contributed by atoms with E-state index in [4.69, 9.17) is 10.5 Å². The van der Waals surface area contributed by atoms with Gasteiger partial charge in [0.25, 0.3) is 0 Å². The molecular formula is C19H21N5OS. The molecule has 0 saturated carbocycles. The van der Waals surface area contributed by atoms with Crippen molar-refractivity contribution in [1.82, 2.24) is 14.5 Å². The van der Waals surface area contributed by atoms with Crippen LogP contribution in [0.3, 0.4) is 0 Å². The van der Waals surface area contributed by atoms with Crippen LogP contribution in [0.1, 0.15) is 24.0 Å². The van der Waals surface area contributed by atoms with E-state index in [1.807, 2.05) is 35.0 Å². The molecule has 0 aliphatic heterocycles. The first-order valence-electron chi connectivity index (χ1n) is 8.33. The number of nitriles is 2. The molecule has 1 amide bonds. The number of imidazole rings is 1. The zero-order valence-corrected chi connectivity index (χ0v) is 15.8. The lowest BCUT2D eigenvalue weighted by Crippen LogP contribution is -2.34. The number of hydrogen-bond acceptors (Lipinski definition) is 5. The van der Waals surface area contributed by atoms with Gasteiger partial charge in [0.1, 0.15) is 0 Å². The summed E-state index contributed by atoms with van der Waals surface area (Å²) in [5.74, 6) is 0.134. The SMILES string of the molecule is Cc1cccc(-n2ccnc2SCC(=O)N(CCC#N)CCC#N)c1C. The second kappa shape index (κ2) is 9.65. The van der Waals surface area contributed by atoms with Gasteiger partial charge in [0.15, 0.2) is 5.16 Å². The minimum Gasteiger partial charge on any atom is -0.340 e. The van der Waals surface area contributed by atoms with Crippen molar-refractivity contribution >= 4 is 17.7 Å². The van der Waals surface area contributed by atoms with Gasteiger partial charge in [0, 0.05) is 25.5 Å². The van der Waals surface area contributed by atoms with Gasteiger partial charge >= 0.3 is 0 Å². The molecule has 1 aromatic heterocycles. The highest BCUT2D eigenvalue weighted by Gasteiger charge is 2.16. The van der Waals surface area contributed by atoms with Crippen molar-refractivity contribution in [3.05, 3.63) is 41.7 Å². The molecule has 0 spiro atoms. The Morgan fingerprint density at radius 3 is 2.58 bits per heavy atom. The van der Waals surface area contributed by atoms with Gasteiger partial charge in [0.2, 0.25) is 5.91 Å². The Labute approximate surface area is 158 Å². The largest absolute Gasteiger partial charge is 0.340 e. The number of aryl methyl sites for hydroxylation is 1. The number of hydrogen-bond donors (Lipinski definition) is 0. The fourth-order valence-electron chi connectivity index (χ4n) is 2.53. The Kier molecular flexibility index (Phi) is 7.25. The number of aromatic nitrogens is 2. The van der Waals surface area contributed by atoms with Gasteiger partial charge < -0.3 is 4.90 Å². The van der Waals surface area contributed by atoms with Crippen molar-refractivity contribution in [2.75, 3.05) is 18.8 Å². The minimum absolute atomic E-state index is 0.0870. The maximum absolute atomic E-state index is 12.5. The van der Waals surface area contributed by atoms with Crippen LogP contribution in [-0.4, -0.2) is 39.2 Å². The van der Waals surface area contributed by atoms with Crippen molar-refractivity contribution in [2.45, 2.75) is 31.8 Å². The smallest absolute Gasteiger partial charge is 0.233 e. The summed E-state index contributed by atoms with van der Waals surface area (Å²) >= 11 is 1.36. The molecule has 0 bridgehead atoms. The normalized spacial score (nSPS) is 10.2. The number of carbonyl (C=O) groups is 1.